The van der Waals surface area contributed by atoms with Crippen molar-refractivity contribution in [1.82, 2.24) is 4.90 Å². The Morgan fingerprint density at radius 1 is 1.17 bits per heavy atom. The van der Waals surface area contributed by atoms with Gasteiger partial charge in [-0.15, -0.1) is 0 Å². The third-order valence-electron chi connectivity index (χ3n) is 5.24. The summed E-state index contributed by atoms with van der Waals surface area (Å²) >= 11 is 0. The summed E-state index contributed by atoms with van der Waals surface area (Å²) in [5.74, 6) is 0.535. The normalized spacial score (nSPS) is 15.8. The molecule has 0 aliphatic carbocycles. The van der Waals surface area contributed by atoms with Crippen LogP contribution in [-0.2, 0) is 9.53 Å². The number of likely N-dealkylation sites (tertiary alicyclic amines) is 1. The Labute approximate surface area is 170 Å². The second-order valence-corrected chi connectivity index (χ2v) is 6.97. The zero-order valence-electron chi connectivity index (χ0n) is 16.9. The van der Waals surface area contributed by atoms with Gasteiger partial charge in [-0.3, -0.25) is 4.79 Å². The number of nitrogens with two attached hydrogens (primary N) is 1. The molecule has 3 rings (SSSR count). The molecule has 7 nitrogen and oxygen atoms in total. The largest absolute Gasteiger partial charge is 0.497 e. The first kappa shape index (κ1) is 20.5. The molecule has 1 fully saturated rings. The minimum Gasteiger partial charge on any atom is -0.497 e. The van der Waals surface area contributed by atoms with Gasteiger partial charge in [0.2, 0.25) is 0 Å². The second kappa shape index (κ2) is 8.86. The molecule has 1 heterocycles. The third-order valence-corrected chi connectivity index (χ3v) is 5.24. The van der Waals surface area contributed by atoms with Crippen molar-refractivity contribution in [3.8, 4) is 11.5 Å². The number of anilines is 1. The molecule has 1 amide bonds. The zero-order valence-corrected chi connectivity index (χ0v) is 16.9. The monoisotopic (exact) mass is 398 g/mol. The minimum absolute atomic E-state index is 0.157. The number of rotatable bonds is 6. The van der Waals surface area contributed by atoms with E-state index in [0.29, 0.717) is 23.7 Å². The van der Waals surface area contributed by atoms with Crippen LogP contribution in [0.2, 0.25) is 0 Å². The molecule has 1 aliphatic rings. The Bertz CT molecular complexity index is 912. The van der Waals surface area contributed by atoms with E-state index in [1.165, 1.54) is 0 Å². The molecular weight excluding hydrogens is 372 g/mol. The highest BCUT2D eigenvalue weighted by molar-refractivity contribution is 5.96. The van der Waals surface area contributed by atoms with Crippen molar-refractivity contribution in [3.63, 3.8) is 0 Å². The number of nitrogen functional groups attached to an aromatic ring is 1. The average Bonchev–Trinajstić information content (AvgIpc) is 3.23. The standard InChI is InChI=1S/C22H26N2O5/c1-14-6-4-7-16(21(14)23)22(26)29-13-20(25)24-11-5-8-18(24)17-12-15(27-2)9-10-19(17)28-3/h4,6-7,9-10,12,18H,5,8,11,13,23H2,1-3H3/t18-/m1/s1. The lowest BCUT2D eigenvalue weighted by molar-refractivity contribution is -0.135. The number of esters is 1. The molecule has 7 heteroatoms. The van der Waals surface area contributed by atoms with E-state index in [2.05, 4.69) is 0 Å². The number of aryl methyl sites for hydroxylation is 1. The van der Waals surface area contributed by atoms with Crippen LogP contribution in [0.4, 0.5) is 5.69 Å². The van der Waals surface area contributed by atoms with Gasteiger partial charge in [-0.2, -0.15) is 0 Å². The molecule has 154 valence electrons. The van der Waals surface area contributed by atoms with Crippen molar-refractivity contribution in [2.75, 3.05) is 33.1 Å². The van der Waals surface area contributed by atoms with Crippen LogP contribution in [0.15, 0.2) is 36.4 Å². The van der Waals surface area contributed by atoms with Crippen molar-refractivity contribution < 1.29 is 23.8 Å². The van der Waals surface area contributed by atoms with E-state index >= 15 is 0 Å². The SMILES string of the molecule is COc1ccc(OC)c([C@H]2CCCN2C(=O)COC(=O)c2cccc(C)c2N)c1. The summed E-state index contributed by atoms with van der Waals surface area (Å²) in [4.78, 5) is 26.9. The zero-order chi connectivity index (χ0) is 21.0. The van der Waals surface area contributed by atoms with E-state index in [9.17, 15) is 9.59 Å². The smallest absolute Gasteiger partial charge is 0.340 e. The topological polar surface area (TPSA) is 91.1 Å². The lowest BCUT2D eigenvalue weighted by atomic mass is 10.0. The molecule has 0 saturated carbocycles. The summed E-state index contributed by atoms with van der Waals surface area (Å²) in [6, 6.07) is 10.5. The van der Waals surface area contributed by atoms with Crippen LogP contribution in [0.1, 0.15) is 40.4 Å². The molecule has 2 aromatic carbocycles. The van der Waals surface area contributed by atoms with Gasteiger partial charge < -0.3 is 24.8 Å². The van der Waals surface area contributed by atoms with E-state index in [-0.39, 0.29) is 24.1 Å². The van der Waals surface area contributed by atoms with Crippen LogP contribution in [0.25, 0.3) is 0 Å². The van der Waals surface area contributed by atoms with Gasteiger partial charge in [-0.25, -0.2) is 4.79 Å². The van der Waals surface area contributed by atoms with Crippen LogP contribution in [0.3, 0.4) is 0 Å². The summed E-state index contributed by atoms with van der Waals surface area (Å²) in [5.41, 5.74) is 8.25. The summed E-state index contributed by atoms with van der Waals surface area (Å²) in [6.07, 6.45) is 1.66. The first-order valence-electron chi connectivity index (χ1n) is 9.50. The van der Waals surface area contributed by atoms with E-state index in [1.54, 1.807) is 31.3 Å². The maximum atomic E-state index is 12.8. The van der Waals surface area contributed by atoms with E-state index in [0.717, 1.165) is 24.0 Å². The summed E-state index contributed by atoms with van der Waals surface area (Å²) in [5, 5.41) is 0. The number of nitrogens with zero attached hydrogens (tertiary/aromatic N) is 1. The van der Waals surface area contributed by atoms with Crippen molar-refractivity contribution in [2.24, 2.45) is 0 Å². The Balaban J connectivity index is 1.72. The maximum absolute atomic E-state index is 12.8. The third kappa shape index (κ3) is 4.29. The van der Waals surface area contributed by atoms with Crippen molar-refractivity contribution >= 4 is 17.6 Å². The number of benzene rings is 2. The first-order valence-corrected chi connectivity index (χ1v) is 9.50. The van der Waals surface area contributed by atoms with Gasteiger partial charge in [-0.05, 0) is 49.6 Å². The Hall–Kier alpha value is -3.22. The number of hydrogen-bond acceptors (Lipinski definition) is 6. The van der Waals surface area contributed by atoms with Crippen LogP contribution in [0, 0.1) is 6.92 Å². The van der Waals surface area contributed by atoms with Gasteiger partial charge in [-0.1, -0.05) is 12.1 Å². The van der Waals surface area contributed by atoms with Crippen LogP contribution >= 0.6 is 0 Å². The van der Waals surface area contributed by atoms with Gasteiger partial charge in [0.25, 0.3) is 5.91 Å². The van der Waals surface area contributed by atoms with Crippen molar-refractivity contribution in [1.29, 1.82) is 0 Å². The summed E-state index contributed by atoms with van der Waals surface area (Å²) in [6.45, 7) is 2.07. The number of amides is 1. The lowest BCUT2D eigenvalue weighted by Gasteiger charge is -2.26. The molecule has 0 spiro atoms. The molecule has 2 aromatic rings. The highest BCUT2D eigenvalue weighted by atomic mass is 16.5. The van der Waals surface area contributed by atoms with Gasteiger partial charge in [0.1, 0.15) is 11.5 Å². The highest BCUT2D eigenvalue weighted by Gasteiger charge is 2.32. The van der Waals surface area contributed by atoms with E-state index in [4.69, 9.17) is 19.9 Å². The molecular formula is C22H26N2O5. The number of para-hydroxylation sites is 1. The Kier molecular flexibility index (Phi) is 6.26. The average molecular weight is 398 g/mol. The van der Waals surface area contributed by atoms with Crippen molar-refractivity contribution in [2.45, 2.75) is 25.8 Å². The number of ether oxygens (including phenoxy) is 3. The van der Waals surface area contributed by atoms with Crippen LogP contribution in [-0.4, -0.2) is 44.1 Å². The molecule has 1 atom stereocenters. The van der Waals surface area contributed by atoms with Crippen LogP contribution in [0.5, 0.6) is 11.5 Å². The summed E-state index contributed by atoms with van der Waals surface area (Å²) in [7, 11) is 3.19. The quantitative estimate of drug-likeness (QED) is 0.594. The fraction of sp³-hybridized carbons (Fsp3) is 0.364. The second-order valence-electron chi connectivity index (χ2n) is 6.97. The van der Waals surface area contributed by atoms with Gasteiger partial charge in [0.05, 0.1) is 25.8 Å². The number of hydrogen-bond donors (Lipinski definition) is 1. The van der Waals surface area contributed by atoms with E-state index in [1.807, 2.05) is 31.2 Å². The van der Waals surface area contributed by atoms with Gasteiger partial charge in [0.15, 0.2) is 6.61 Å². The molecule has 0 unspecified atom stereocenters. The van der Waals surface area contributed by atoms with Gasteiger partial charge >= 0.3 is 5.97 Å². The van der Waals surface area contributed by atoms with Crippen LogP contribution < -0.4 is 15.2 Å². The Morgan fingerprint density at radius 2 is 1.97 bits per heavy atom. The van der Waals surface area contributed by atoms with E-state index < -0.39 is 5.97 Å². The maximum Gasteiger partial charge on any atom is 0.340 e. The summed E-state index contributed by atoms with van der Waals surface area (Å²) < 4.78 is 16.0. The number of carbonyl (C=O) groups excluding carboxylic acids is 2. The molecule has 0 bridgehead atoms. The number of carbonyl (C=O) groups is 2. The van der Waals surface area contributed by atoms with Gasteiger partial charge in [0, 0.05) is 17.8 Å². The first-order chi connectivity index (χ1) is 14.0. The molecule has 1 aliphatic heterocycles. The predicted octanol–water partition coefficient (Wildman–Crippen LogP) is 3.11. The van der Waals surface area contributed by atoms with Crippen molar-refractivity contribution in [3.05, 3.63) is 53.1 Å². The molecule has 2 N–H and O–H groups in total. The molecule has 0 radical (unpaired) electrons. The fourth-order valence-corrected chi connectivity index (χ4v) is 3.63. The molecule has 1 saturated heterocycles. The number of methoxy groups -OCH3 is 2. The molecule has 29 heavy (non-hydrogen) atoms. The predicted molar refractivity (Wildman–Crippen MR) is 109 cm³/mol. The molecule has 0 aromatic heterocycles. The lowest BCUT2D eigenvalue weighted by Crippen LogP contribution is -2.34. The highest BCUT2D eigenvalue weighted by Crippen LogP contribution is 2.38. The fourth-order valence-electron chi connectivity index (χ4n) is 3.63. The minimum atomic E-state index is -0.603. The Morgan fingerprint density at radius 3 is 2.69 bits per heavy atom.